The van der Waals surface area contributed by atoms with Gasteiger partial charge in [-0.1, -0.05) is 50.5 Å². The molecule has 1 N–H and O–H groups in total. The second-order valence-electron chi connectivity index (χ2n) is 5.42. The molecular weight excluding hydrogens is 264 g/mol. The van der Waals surface area contributed by atoms with Crippen LogP contribution in [0.2, 0.25) is 0 Å². The molecular formula is C18H28O3. The van der Waals surface area contributed by atoms with E-state index in [-0.39, 0.29) is 0 Å². The van der Waals surface area contributed by atoms with E-state index in [0.717, 1.165) is 44.3 Å². The van der Waals surface area contributed by atoms with E-state index < -0.39 is 5.97 Å². The van der Waals surface area contributed by atoms with Crippen molar-refractivity contribution >= 4 is 5.97 Å². The third kappa shape index (κ3) is 9.94. The van der Waals surface area contributed by atoms with Crippen LogP contribution in [0, 0.1) is 0 Å². The van der Waals surface area contributed by atoms with E-state index in [2.05, 4.69) is 37.3 Å². The van der Waals surface area contributed by atoms with Crippen molar-refractivity contribution in [3.8, 4) is 0 Å². The van der Waals surface area contributed by atoms with Gasteiger partial charge in [-0.15, -0.1) is 0 Å². The maximum Gasteiger partial charge on any atom is 0.303 e. The molecule has 0 amide bonds. The molecule has 0 aromatic heterocycles. The van der Waals surface area contributed by atoms with E-state index in [1.54, 1.807) is 0 Å². The topological polar surface area (TPSA) is 49.8 Å². The molecule has 0 unspecified atom stereocenters. The Kier molecular flexibility index (Phi) is 9.34. The molecule has 118 valence electrons. The lowest BCUT2D eigenvalue weighted by Gasteiger charge is -1.97. The van der Waals surface area contributed by atoms with Crippen LogP contribution in [0.3, 0.4) is 0 Å². The fourth-order valence-electron chi connectivity index (χ4n) is 2.16. The van der Waals surface area contributed by atoms with E-state index in [0.29, 0.717) is 12.5 Å². The zero-order chi connectivity index (χ0) is 15.3. The molecule has 1 fully saturated rings. The Morgan fingerprint density at radius 1 is 1.14 bits per heavy atom. The van der Waals surface area contributed by atoms with Gasteiger partial charge in [0.05, 0.1) is 0 Å². The molecule has 1 aliphatic heterocycles. The Bertz CT molecular complexity index is 380. The maximum absolute atomic E-state index is 10.3. The zero-order valence-electron chi connectivity index (χ0n) is 13.1. The highest BCUT2D eigenvalue weighted by molar-refractivity contribution is 5.66. The van der Waals surface area contributed by atoms with Crippen LogP contribution in [0.15, 0.2) is 36.1 Å². The lowest BCUT2D eigenvalue weighted by Crippen LogP contribution is -1.93. The Labute approximate surface area is 128 Å². The molecule has 1 rings (SSSR count). The minimum absolute atomic E-state index is 0.308. The summed E-state index contributed by atoms with van der Waals surface area (Å²) >= 11 is 0. The first-order valence-electron chi connectivity index (χ1n) is 8.14. The summed E-state index contributed by atoms with van der Waals surface area (Å²) in [6.45, 7) is 2.13. The van der Waals surface area contributed by atoms with E-state index in [1.807, 2.05) is 0 Å². The smallest absolute Gasteiger partial charge is 0.303 e. The third-order valence-electron chi connectivity index (χ3n) is 3.45. The van der Waals surface area contributed by atoms with Crippen LogP contribution in [0.5, 0.6) is 0 Å². The second-order valence-corrected chi connectivity index (χ2v) is 5.42. The highest BCUT2D eigenvalue weighted by atomic mass is 16.6. The maximum atomic E-state index is 10.3. The highest BCUT2D eigenvalue weighted by Gasteiger charge is 2.29. The van der Waals surface area contributed by atoms with Crippen molar-refractivity contribution < 1.29 is 14.6 Å². The van der Waals surface area contributed by atoms with E-state index >= 15 is 0 Å². The summed E-state index contributed by atoms with van der Waals surface area (Å²) in [5, 5.41) is 8.51. The molecule has 0 saturated carbocycles. The van der Waals surface area contributed by atoms with Crippen molar-refractivity contribution in [2.24, 2.45) is 0 Å². The highest BCUT2D eigenvalue weighted by Crippen LogP contribution is 2.30. The van der Waals surface area contributed by atoms with Crippen LogP contribution in [0.4, 0.5) is 0 Å². The zero-order valence-corrected chi connectivity index (χ0v) is 13.1. The number of rotatable bonds is 12. The van der Waals surface area contributed by atoms with Crippen molar-refractivity contribution in [1.82, 2.24) is 0 Å². The second kappa shape index (κ2) is 11.2. The average molecular weight is 292 g/mol. The van der Waals surface area contributed by atoms with E-state index in [1.165, 1.54) is 12.8 Å². The van der Waals surface area contributed by atoms with Gasteiger partial charge in [-0.05, 0) is 31.8 Å². The number of carboxylic acids is 1. The van der Waals surface area contributed by atoms with Crippen molar-refractivity contribution in [2.75, 3.05) is 0 Å². The molecule has 0 aromatic rings. The number of epoxide rings is 1. The number of carboxylic acid groups (broad SMARTS) is 1. The molecule has 21 heavy (non-hydrogen) atoms. The van der Waals surface area contributed by atoms with Crippen molar-refractivity contribution in [3.63, 3.8) is 0 Å². The van der Waals surface area contributed by atoms with Gasteiger partial charge in [0, 0.05) is 12.8 Å². The summed E-state index contributed by atoms with van der Waals surface area (Å²) in [4.78, 5) is 10.3. The molecule has 0 aliphatic carbocycles. The fraction of sp³-hybridized carbons (Fsp3) is 0.611. The summed E-state index contributed by atoms with van der Waals surface area (Å²) < 4.78 is 5.47. The first kappa shape index (κ1) is 17.5. The van der Waals surface area contributed by atoms with Crippen LogP contribution in [-0.2, 0) is 9.53 Å². The summed E-state index contributed by atoms with van der Waals surface area (Å²) in [7, 11) is 0. The van der Waals surface area contributed by atoms with Gasteiger partial charge in [0.2, 0.25) is 0 Å². The predicted octanol–water partition coefficient (Wildman–Crippen LogP) is 5.00. The molecule has 0 aromatic carbocycles. The molecule has 0 radical (unpaired) electrons. The standard InChI is InChI=1S/C18H28O3/c1-2-3-10-13-16-17(21-16)14-11-8-6-4-5-7-9-12-15-18(19)20/h3,8,10-11,14,16H,2,4-7,9,12-13,15H2,1H3,(H,19,20)/b10-3-,11-8-,17-14?/t16-/m1/s1. The van der Waals surface area contributed by atoms with Gasteiger partial charge in [0.1, 0.15) is 5.76 Å². The van der Waals surface area contributed by atoms with Crippen LogP contribution in [-0.4, -0.2) is 17.2 Å². The molecule has 0 spiro atoms. The quantitative estimate of drug-likeness (QED) is 0.313. The number of unbranched alkanes of at least 4 members (excludes halogenated alkanes) is 5. The number of aliphatic carboxylic acids is 1. The summed E-state index contributed by atoms with van der Waals surface area (Å²) in [6.07, 6.45) is 19.8. The first-order valence-corrected chi connectivity index (χ1v) is 8.14. The summed E-state index contributed by atoms with van der Waals surface area (Å²) in [6, 6.07) is 0. The number of carbonyl (C=O) groups is 1. The lowest BCUT2D eigenvalue weighted by molar-refractivity contribution is -0.137. The van der Waals surface area contributed by atoms with Crippen molar-refractivity contribution in [1.29, 1.82) is 0 Å². The van der Waals surface area contributed by atoms with Gasteiger partial charge < -0.3 is 9.84 Å². The van der Waals surface area contributed by atoms with Gasteiger partial charge in [0.25, 0.3) is 0 Å². The minimum atomic E-state index is -0.684. The number of hydrogen-bond acceptors (Lipinski definition) is 2. The Morgan fingerprint density at radius 2 is 1.90 bits per heavy atom. The Morgan fingerprint density at radius 3 is 2.67 bits per heavy atom. The lowest BCUT2D eigenvalue weighted by atomic mass is 10.1. The van der Waals surface area contributed by atoms with Gasteiger partial charge >= 0.3 is 5.97 Å². The summed E-state index contributed by atoms with van der Waals surface area (Å²) in [5.41, 5.74) is 0. The molecule has 1 heterocycles. The Hall–Kier alpha value is -1.51. The molecule has 1 aliphatic rings. The molecule has 3 nitrogen and oxygen atoms in total. The van der Waals surface area contributed by atoms with E-state index in [4.69, 9.17) is 9.84 Å². The molecule has 1 saturated heterocycles. The monoisotopic (exact) mass is 292 g/mol. The number of hydrogen-bond donors (Lipinski definition) is 1. The first-order chi connectivity index (χ1) is 10.2. The number of ether oxygens (including phenoxy) is 1. The van der Waals surface area contributed by atoms with Crippen LogP contribution in [0.25, 0.3) is 0 Å². The predicted molar refractivity (Wildman–Crippen MR) is 86.1 cm³/mol. The largest absolute Gasteiger partial charge is 0.483 e. The van der Waals surface area contributed by atoms with Gasteiger partial charge in [-0.3, -0.25) is 4.79 Å². The van der Waals surface area contributed by atoms with Crippen LogP contribution < -0.4 is 0 Å². The summed E-state index contributed by atoms with van der Waals surface area (Å²) in [5.74, 6) is 0.414. The number of allylic oxidation sites excluding steroid dienone is 4. The molecule has 1 atom stereocenters. The van der Waals surface area contributed by atoms with Gasteiger partial charge in [-0.2, -0.15) is 0 Å². The van der Waals surface area contributed by atoms with Crippen LogP contribution in [0.1, 0.15) is 64.7 Å². The fourth-order valence-corrected chi connectivity index (χ4v) is 2.16. The SMILES string of the molecule is CC/C=C\C[C@H]1OC1=C/C=C\CCCCCCCC(=O)O. The molecule has 0 bridgehead atoms. The van der Waals surface area contributed by atoms with Gasteiger partial charge in [-0.25, -0.2) is 0 Å². The normalized spacial score (nSPS) is 19.5. The van der Waals surface area contributed by atoms with Crippen molar-refractivity contribution in [3.05, 3.63) is 36.1 Å². The molecule has 3 heteroatoms. The van der Waals surface area contributed by atoms with Crippen molar-refractivity contribution in [2.45, 2.75) is 70.8 Å². The minimum Gasteiger partial charge on any atom is -0.483 e. The third-order valence-corrected chi connectivity index (χ3v) is 3.45. The van der Waals surface area contributed by atoms with E-state index in [9.17, 15) is 4.79 Å². The van der Waals surface area contributed by atoms with Gasteiger partial charge in [0.15, 0.2) is 6.10 Å². The van der Waals surface area contributed by atoms with Crippen LogP contribution >= 0.6 is 0 Å². The average Bonchev–Trinajstić information content (AvgIpc) is 3.19. The Balaban J connectivity index is 1.92.